The Balaban J connectivity index is -0.000000168. The molecule has 0 aromatic rings. The van der Waals surface area contributed by atoms with Crippen molar-refractivity contribution in [3.8, 4) is 0 Å². The zero-order chi connectivity index (χ0) is 19.6. The summed E-state index contributed by atoms with van der Waals surface area (Å²) in [6.45, 7) is 15.5. The molecule has 1 aliphatic carbocycles. The third kappa shape index (κ3) is 25.5. The van der Waals surface area contributed by atoms with Crippen molar-refractivity contribution in [1.29, 1.82) is 0 Å². The second-order valence-corrected chi connectivity index (χ2v) is 8.57. The van der Waals surface area contributed by atoms with E-state index in [0.717, 1.165) is 11.1 Å². The van der Waals surface area contributed by atoms with Gasteiger partial charge in [0.1, 0.15) is 0 Å². The van der Waals surface area contributed by atoms with Gasteiger partial charge in [-0.3, -0.25) is 0 Å². The summed E-state index contributed by atoms with van der Waals surface area (Å²) in [6, 6.07) is 0. The van der Waals surface area contributed by atoms with Crippen LogP contribution in [0, 0.1) is 5.41 Å². The largest absolute Gasteiger partial charge is 2.00 e. The van der Waals surface area contributed by atoms with E-state index in [1.165, 1.54) is 53.5 Å². The molecule has 3 atom stereocenters. The van der Waals surface area contributed by atoms with Gasteiger partial charge in [0.05, 0.1) is 0 Å². The summed E-state index contributed by atoms with van der Waals surface area (Å²) in [7, 11) is 3.60. The van der Waals surface area contributed by atoms with Crippen molar-refractivity contribution in [3.63, 3.8) is 0 Å². The van der Waals surface area contributed by atoms with Crippen LogP contribution in [-0.4, -0.2) is 31.2 Å². The predicted octanol–water partition coefficient (Wildman–Crippen LogP) is 4.82. The fourth-order valence-electron chi connectivity index (χ4n) is 3.34. The van der Waals surface area contributed by atoms with E-state index in [1.54, 1.807) is 34.1 Å². The van der Waals surface area contributed by atoms with Crippen molar-refractivity contribution in [2.24, 2.45) is 5.41 Å². The fourth-order valence-corrected chi connectivity index (χ4v) is 4.47. The van der Waals surface area contributed by atoms with Crippen LogP contribution >= 0.6 is 17.8 Å². The van der Waals surface area contributed by atoms with Gasteiger partial charge in [-0.15, -0.1) is 30.0 Å². The van der Waals surface area contributed by atoms with Crippen molar-refractivity contribution in [2.75, 3.05) is 13.3 Å². The van der Waals surface area contributed by atoms with E-state index in [2.05, 4.69) is 29.8 Å². The molecule has 2 nitrogen and oxygen atoms in total. The molecule has 3 unspecified atom stereocenters. The van der Waals surface area contributed by atoms with Gasteiger partial charge in [0.2, 0.25) is 0 Å². The summed E-state index contributed by atoms with van der Waals surface area (Å²) in [4.78, 5) is 0. The Morgan fingerprint density at radius 3 is 1.64 bits per heavy atom. The van der Waals surface area contributed by atoms with E-state index >= 15 is 0 Å². The zero-order valence-corrected chi connectivity index (χ0v) is 22.0. The molecular formula is C20H46O2P2Ti. The van der Waals surface area contributed by atoms with Crippen LogP contribution in [0.5, 0.6) is 0 Å². The predicted molar refractivity (Wildman–Crippen MR) is 115 cm³/mol. The van der Waals surface area contributed by atoms with E-state index in [4.69, 9.17) is 0 Å². The monoisotopic (exact) mass is 428 g/mol. The molecule has 0 amide bonds. The van der Waals surface area contributed by atoms with Gasteiger partial charge in [-0.25, -0.2) is 0 Å². The molecule has 1 rings (SSSR count). The molecule has 1 saturated carbocycles. The van der Waals surface area contributed by atoms with Gasteiger partial charge in [0.15, 0.2) is 0 Å². The molecule has 0 aromatic heterocycles. The van der Waals surface area contributed by atoms with Crippen molar-refractivity contribution >= 4 is 17.8 Å². The molecule has 0 bridgehead atoms. The molecule has 0 radical (unpaired) electrons. The third-order valence-corrected chi connectivity index (χ3v) is 5.22. The van der Waals surface area contributed by atoms with Gasteiger partial charge >= 0.3 is 21.7 Å². The maximum absolute atomic E-state index is 9.53. The van der Waals surface area contributed by atoms with Crippen LogP contribution in [-0.2, 0) is 21.7 Å². The summed E-state index contributed by atoms with van der Waals surface area (Å²) in [5, 5.41) is 19.1. The average Bonchev–Trinajstić information content (AvgIpc) is 2.49. The number of hydrogen-bond acceptors (Lipinski definition) is 2. The van der Waals surface area contributed by atoms with E-state index in [9.17, 15) is 10.2 Å². The van der Waals surface area contributed by atoms with Crippen LogP contribution in [0.2, 0.25) is 0 Å². The van der Waals surface area contributed by atoms with E-state index in [1.807, 2.05) is 6.66 Å². The SMILES string of the molecule is CC(C)[O-].CC(C)[O-].CCCC1(CCC)CCCC(PC)C1.CP.[Ti+2]. The first-order valence-electron chi connectivity index (χ1n) is 9.79. The Hall–Kier alpha value is 1.49. The van der Waals surface area contributed by atoms with Gasteiger partial charge in [-0.1, -0.05) is 67.5 Å². The molecule has 1 aliphatic rings. The Morgan fingerprint density at radius 1 is 1.00 bits per heavy atom. The molecule has 0 aliphatic heterocycles. The van der Waals surface area contributed by atoms with Crippen LogP contribution in [0.4, 0.5) is 0 Å². The van der Waals surface area contributed by atoms with Gasteiger partial charge in [-0.2, -0.15) is 0 Å². The van der Waals surface area contributed by atoms with E-state index < -0.39 is 12.2 Å². The minimum atomic E-state index is -0.417. The molecule has 0 heterocycles. The first-order valence-corrected chi connectivity index (χ1v) is 12.5. The van der Waals surface area contributed by atoms with Crippen LogP contribution in [0.3, 0.4) is 0 Å². The van der Waals surface area contributed by atoms with Gasteiger partial charge in [0.25, 0.3) is 0 Å². The molecule has 25 heavy (non-hydrogen) atoms. The summed E-state index contributed by atoms with van der Waals surface area (Å²) in [5.41, 5.74) is 1.83. The Bertz CT molecular complexity index is 217. The van der Waals surface area contributed by atoms with Crippen LogP contribution in [0.25, 0.3) is 0 Å². The molecule has 0 saturated heterocycles. The Morgan fingerprint density at radius 2 is 1.36 bits per heavy atom. The first-order chi connectivity index (χ1) is 11.2. The maximum atomic E-state index is 9.53. The van der Waals surface area contributed by atoms with Crippen molar-refractivity contribution in [2.45, 2.75) is 111 Å². The summed E-state index contributed by atoms with van der Waals surface area (Å²) in [6.07, 6.45) is 11.0. The summed E-state index contributed by atoms with van der Waals surface area (Å²) in [5.74, 6) is 0. The van der Waals surface area contributed by atoms with Crippen LogP contribution < -0.4 is 10.2 Å². The van der Waals surface area contributed by atoms with Gasteiger partial charge < -0.3 is 10.2 Å². The second-order valence-electron chi connectivity index (χ2n) is 7.18. The number of rotatable bonds is 5. The summed E-state index contributed by atoms with van der Waals surface area (Å²) < 4.78 is 0. The molecule has 5 heteroatoms. The Labute approximate surface area is 179 Å². The molecule has 0 N–H and O–H groups in total. The first kappa shape index (κ1) is 34.0. The second kappa shape index (κ2) is 23.5. The topological polar surface area (TPSA) is 46.1 Å². The fraction of sp³-hybridized carbons (Fsp3) is 1.00. The minimum Gasteiger partial charge on any atom is -0.852 e. The minimum absolute atomic E-state index is 0. The van der Waals surface area contributed by atoms with Crippen molar-refractivity contribution in [3.05, 3.63) is 0 Å². The smallest absolute Gasteiger partial charge is 0.852 e. The maximum Gasteiger partial charge on any atom is 2.00 e. The van der Waals surface area contributed by atoms with Crippen molar-refractivity contribution < 1.29 is 31.9 Å². The van der Waals surface area contributed by atoms with Gasteiger partial charge in [-0.05, 0) is 49.8 Å². The van der Waals surface area contributed by atoms with E-state index in [0.29, 0.717) is 0 Å². The molecule has 0 spiro atoms. The van der Waals surface area contributed by atoms with E-state index in [-0.39, 0.29) is 21.7 Å². The number of hydrogen-bond donors (Lipinski definition) is 0. The molecule has 152 valence electrons. The molecular weight excluding hydrogens is 382 g/mol. The third-order valence-electron chi connectivity index (χ3n) is 3.91. The normalized spacial score (nSPS) is 18.4. The average molecular weight is 428 g/mol. The van der Waals surface area contributed by atoms with Crippen LogP contribution in [0.15, 0.2) is 0 Å². The quantitative estimate of drug-likeness (QED) is 0.466. The van der Waals surface area contributed by atoms with Crippen molar-refractivity contribution in [1.82, 2.24) is 0 Å². The molecule has 0 aromatic carbocycles. The zero-order valence-electron chi connectivity index (χ0n) is 18.3. The van der Waals surface area contributed by atoms with Crippen LogP contribution in [0.1, 0.15) is 92.9 Å². The molecule has 1 fully saturated rings. The Kier molecular flexibility index (Phi) is 32.0. The van der Waals surface area contributed by atoms with Gasteiger partial charge in [0, 0.05) is 0 Å². The summed E-state index contributed by atoms with van der Waals surface area (Å²) >= 11 is 0. The standard InChI is InChI=1S/C13H27P.2C3H7O.CH5P.Ti/c1-4-8-13(9-5-2)10-6-7-12(11-13)14-3;2*1-3(2)4;1-2;/h12,14H,4-11H2,1-3H3;2*3H,1-2H3;2H2,1H3;/q;2*-1;;+2.